The second-order valence-corrected chi connectivity index (χ2v) is 5.52. The van der Waals surface area contributed by atoms with Gasteiger partial charge in [-0.2, -0.15) is 0 Å². The molecule has 0 spiro atoms. The second-order valence-electron chi connectivity index (χ2n) is 5.52. The van der Waals surface area contributed by atoms with E-state index in [0.717, 1.165) is 38.2 Å². The van der Waals surface area contributed by atoms with E-state index in [1.807, 2.05) is 12.1 Å². The van der Waals surface area contributed by atoms with Crippen LogP contribution in [0.5, 0.6) is 0 Å². The Labute approximate surface area is 106 Å². The van der Waals surface area contributed by atoms with E-state index in [1.165, 1.54) is 0 Å². The van der Waals surface area contributed by atoms with Gasteiger partial charge in [0.1, 0.15) is 0 Å². The molecule has 4 rings (SSSR count). The third kappa shape index (κ3) is 1.62. The molecule has 0 amide bonds. The minimum absolute atomic E-state index is 0.187. The Kier molecular flexibility index (Phi) is 2.60. The Morgan fingerprint density at radius 3 is 2.56 bits per heavy atom. The van der Waals surface area contributed by atoms with E-state index in [-0.39, 0.29) is 16.7 Å². The number of quaternary nitrogens is 1. The van der Waals surface area contributed by atoms with Crippen molar-refractivity contribution in [1.29, 1.82) is 0 Å². The standard InChI is InChI=1S/C13H18N3O2/c14-11-9-16(7-5-10(11)6-8-16)13-4-2-1-3-12(13)15(17)18/h1-4,10-11H,5-9,14H2/q+1. The van der Waals surface area contributed by atoms with Crippen LogP contribution in [0.4, 0.5) is 11.4 Å². The molecule has 1 aromatic carbocycles. The predicted octanol–water partition coefficient (Wildman–Crippen LogP) is 1.65. The van der Waals surface area contributed by atoms with Gasteiger partial charge in [0.25, 0.3) is 0 Å². The molecule has 96 valence electrons. The zero-order chi connectivity index (χ0) is 12.8. The Hall–Kier alpha value is -1.46. The fourth-order valence-electron chi connectivity index (χ4n) is 3.60. The first-order valence-corrected chi connectivity index (χ1v) is 6.48. The van der Waals surface area contributed by atoms with Gasteiger partial charge in [-0.05, 0) is 5.92 Å². The Balaban J connectivity index is 2.06. The van der Waals surface area contributed by atoms with Crippen molar-refractivity contribution in [1.82, 2.24) is 4.48 Å². The summed E-state index contributed by atoms with van der Waals surface area (Å²) in [4.78, 5) is 10.9. The van der Waals surface area contributed by atoms with Crippen molar-refractivity contribution in [2.45, 2.75) is 18.9 Å². The van der Waals surface area contributed by atoms with Gasteiger partial charge in [-0.25, -0.2) is 0 Å². The Morgan fingerprint density at radius 2 is 1.94 bits per heavy atom. The van der Waals surface area contributed by atoms with E-state index < -0.39 is 0 Å². The highest BCUT2D eigenvalue weighted by Crippen LogP contribution is 2.41. The monoisotopic (exact) mass is 248 g/mol. The normalized spacial score (nSPS) is 34.5. The average molecular weight is 248 g/mol. The highest BCUT2D eigenvalue weighted by molar-refractivity contribution is 5.61. The van der Waals surface area contributed by atoms with Crippen molar-refractivity contribution in [3.8, 4) is 0 Å². The van der Waals surface area contributed by atoms with Crippen molar-refractivity contribution in [2.24, 2.45) is 11.7 Å². The molecule has 2 bridgehead atoms. The highest BCUT2D eigenvalue weighted by Gasteiger charge is 2.48. The van der Waals surface area contributed by atoms with Gasteiger partial charge < -0.3 is 5.73 Å². The minimum Gasteiger partial charge on any atom is -0.323 e. The topological polar surface area (TPSA) is 69.2 Å². The molecule has 3 saturated heterocycles. The minimum atomic E-state index is -0.269. The van der Waals surface area contributed by atoms with Crippen molar-refractivity contribution in [3.05, 3.63) is 34.4 Å². The molecule has 5 heteroatoms. The second kappa shape index (κ2) is 4.03. The number of nitro groups is 1. The summed E-state index contributed by atoms with van der Waals surface area (Å²) in [6.07, 6.45) is 2.18. The molecule has 0 saturated carbocycles. The van der Waals surface area contributed by atoms with Crippen molar-refractivity contribution < 1.29 is 4.92 Å². The van der Waals surface area contributed by atoms with Gasteiger partial charge >= 0.3 is 5.69 Å². The number of rotatable bonds is 2. The van der Waals surface area contributed by atoms with Crippen molar-refractivity contribution in [2.75, 3.05) is 19.6 Å². The molecule has 1 aromatic rings. The fourth-order valence-corrected chi connectivity index (χ4v) is 3.60. The number of piperidine rings is 3. The molecule has 1 atom stereocenters. The maximum absolute atomic E-state index is 11.2. The van der Waals surface area contributed by atoms with Crippen LogP contribution in [0.1, 0.15) is 12.8 Å². The van der Waals surface area contributed by atoms with Crippen LogP contribution < -0.4 is 10.2 Å². The molecule has 0 aromatic heterocycles. The largest absolute Gasteiger partial charge is 0.329 e. The maximum Gasteiger partial charge on any atom is 0.329 e. The summed E-state index contributed by atoms with van der Waals surface area (Å²) in [6.45, 7) is 2.82. The first-order chi connectivity index (χ1) is 8.62. The smallest absolute Gasteiger partial charge is 0.323 e. The SMILES string of the molecule is NC1C[N+]2(c3ccccc3[N+](=O)[O-])CCC1CC2. The molecule has 3 aliphatic heterocycles. The molecule has 3 heterocycles. The van der Waals surface area contributed by atoms with E-state index in [4.69, 9.17) is 5.73 Å². The van der Waals surface area contributed by atoms with E-state index in [0.29, 0.717) is 10.4 Å². The lowest BCUT2D eigenvalue weighted by Crippen LogP contribution is -2.67. The van der Waals surface area contributed by atoms with Crippen LogP contribution in [0.2, 0.25) is 0 Å². The van der Waals surface area contributed by atoms with Crippen LogP contribution in [-0.2, 0) is 0 Å². The Bertz CT molecular complexity index is 481. The molecular formula is C13H18N3O2+. The number of benzene rings is 1. The van der Waals surface area contributed by atoms with Crippen LogP contribution in [-0.4, -0.2) is 30.6 Å². The van der Waals surface area contributed by atoms with Gasteiger partial charge in [0.05, 0.1) is 30.6 Å². The first-order valence-electron chi connectivity index (χ1n) is 6.48. The molecule has 2 N–H and O–H groups in total. The van der Waals surface area contributed by atoms with Gasteiger partial charge in [0.15, 0.2) is 0 Å². The number of nitrogens with zero attached hydrogens (tertiary/aromatic N) is 2. The van der Waals surface area contributed by atoms with Crippen LogP contribution in [0, 0.1) is 16.0 Å². The molecule has 18 heavy (non-hydrogen) atoms. The van der Waals surface area contributed by atoms with Crippen LogP contribution in [0.3, 0.4) is 0 Å². The van der Waals surface area contributed by atoms with Gasteiger partial charge in [-0.1, -0.05) is 12.1 Å². The molecule has 3 aliphatic rings. The first kappa shape index (κ1) is 11.6. The van der Waals surface area contributed by atoms with E-state index in [2.05, 4.69) is 0 Å². The molecule has 5 nitrogen and oxygen atoms in total. The number of nitro benzene ring substituents is 1. The van der Waals surface area contributed by atoms with E-state index >= 15 is 0 Å². The molecule has 1 unspecified atom stereocenters. The lowest BCUT2D eigenvalue weighted by molar-refractivity contribution is -0.384. The zero-order valence-electron chi connectivity index (χ0n) is 10.3. The van der Waals surface area contributed by atoms with Gasteiger partial charge in [-0.3, -0.25) is 14.6 Å². The van der Waals surface area contributed by atoms with Gasteiger partial charge in [0, 0.05) is 25.0 Å². The lowest BCUT2D eigenvalue weighted by Gasteiger charge is -2.50. The quantitative estimate of drug-likeness (QED) is 0.491. The maximum atomic E-state index is 11.2. The molecule has 0 aliphatic carbocycles. The lowest BCUT2D eigenvalue weighted by atomic mass is 9.81. The summed E-state index contributed by atoms with van der Waals surface area (Å²) in [6, 6.07) is 7.32. The third-order valence-electron chi connectivity index (χ3n) is 4.61. The number of hydrogen-bond acceptors (Lipinski definition) is 3. The summed E-state index contributed by atoms with van der Waals surface area (Å²) in [5.74, 6) is 0.618. The van der Waals surface area contributed by atoms with Gasteiger partial charge in [-0.15, -0.1) is 0 Å². The molecule has 0 radical (unpaired) electrons. The summed E-state index contributed by atoms with van der Waals surface area (Å²) in [5.41, 5.74) is 7.27. The molecular weight excluding hydrogens is 230 g/mol. The summed E-state index contributed by atoms with van der Waals surface area (Å²) in [5, 5.41) is 11.2. The van der Waals surface area contributed by atoms with E-state index in [1.54, 1.807) is 12.1 Å². The zero-order valence-corrected chi connectivity index (χ0v) is 10.3. The summed E-state index contributed by atoms with van der Waals surface area (Å²) >= 11 is 0. The van der Waals surface area contributed by atoms with Crippen molar-refractivity contribution in [3.63, 3.8) is 0 Å². The van der Waals surface area contributed by atoms with Crippen LogP contribution >= 0.6 is 0 Å². The predicted molar refractivity (Wildman–Crippen MR) is 70.2 cm³/mol. The highest BCUT2D eigenvalue weighted by atomic mass is 16.6. The fraction of sp³-hybridized carbons (Fsp3) is 0.538. The molecule has 3 fully saturated rings. The summed E-state index contributed by atoms with van der Waals surface area (Å²) < 4.78 is 0.703. The van der Waals surface area contributed by atoms with Crippen LogP contribution in [0.15, 0.2) is 24.3 Å². The average Bonchev–Trinajstić information content (AvgIpc) is 2.40. The number of hydrogen-bond donors (Lipinski definition) is 1. The van der Waals surface area contributed by atoms with Crippen LogP contribution in [0.25, 0.3) is 0 Å². The number of nitrogens with two attached hydrogens (primary N) is 1. The van der Waals surface area contributed by atoms with Crippen molar-refractivity contribution >= 4 is 11.4 Å². The third-order valence-corrected chi connectivity index (χ3v) is 4.61. The number of fused-ring (bicyclic) bond motifs is 3. The van der Waals surface area contributed by atoms with E-state index in [9.17, 15) is 10.1 Å². The van der Waals surface area contributed by atoms with Gasteiger partial charge in [0.2, 0.25) is 5.69 Å². The summed E-state index contributed by atoms with van der Waals surface area (Å²) in [7, 11) is 0. The number of para-hydroxylation sites is 2. The Morgan fingerprint density at radius 1 is 1.28 bits per heavy atom.